The highest BCUT2D eigenvalue weighted by molar-refractivity contribution is 4.99. The highest BCUT2D eigenvalue weighted by Gasteiger charge is 2.49. The zero-order valence-corrected chi connectivity index (χ0v) is 8.99. The van der Waals surface area contributed by atoms with Gasteiger partial charge in [0, 0.05) is 0 Å². The van der Waals surface area contributed by atoms with Gasteiger partial charge >= 0.3 is 0 Å². The lowest BCUT2D eigenvalue weighted by Gasteiger charge is -2.36. The number of hydrogen-bond acceptors (Lipinski definition) is 1. The molecule has 80 valence electrons. The zero-order valence-electron chi connectivity index (χ0n) is 8.99. The molecule has 0 radical (unpaired) electrons. The summed E-state index contributed by atoms with van der Waals surface area (Å²) in [5, 5.41) is 10.2. The average Bonchev–Trinajstić information content (AvgIpc) is 2.79. The Morgan fingerprint density at radius 2 is 1.43 bits per heavy atom. The van der Waals surface area contributed by atoms with Crippen molar-refractivity contribution in [1.82, 2.24) is 0 Å². The average molecular weight is 194 g/mol. The van der Waals surface area contributed by atoms with E-state index in [-0.39, 0.29) is 6.10 Å². The standard InChI is InChI=1S/C13H22O/c14-13-11-7-6-10(8-11)12(13)9-4-2-1-3-5-9/h9-14H,1-8H2/t10-,11-,12-,13+/m0/s1. The fourth-order valence-electron chi connectivity index (χ4n) is 4.49. The topological polar surface area (TPSA) is 20.2 Å². The summed E-state index contributed by atoms with van der Waals surface area (Å²) in [7, 11) is 0. The van der Waals surface area contributed by atoms with Crippen LogP contribution in [-0.4, -0.2) is 11.2 Å². The maximum absolute atomic E-state index is 10.2. The second kappa shape index (κ2) is 3.52. The SMILES string of the molecule is O[C@@H]1[C@H]2CC[C@@H](C2)[C@@H]1C1CCCCC1. The molecule has 14 heavy (non-hydrogen) atoms. The van der Waals surface area contributed by atoms with Gasteiger partial charge in [-0.25, -0.2) is 0 Å². The van der Waals surface area contributed by atoms with Crippen LogP contribution in [0, 0.1) is 23.7 Å². The predicted molar refractivity (Wildman–Crippen MR) is 56.9 cm³/mol. The summed E-state index contributed by atoms with van der Waals surface area (Å²) < 4.78 is 0. The highest BCUT2D eigenvalue weighted by atomic mass is 16.3. The minimum absolute atomic E-state index is 0.0804. The molecule has 0 amide bonds. The van der Waals surface area contributed by atoms with Crippen molar-refractivity contribution >= 4 is 0 Å². The third kappa shape index (κ3) is 1.32. The summed E-state index contributed by atoms with van der Waals surface area (Å²) in [4.78, 5) is 0. The first kappa shape index (κ1) is 9.21. The van der Waals surface area contributed by atoms with Crippen molar-refractivity contribution < 1.29 is 5.11 Å². The van der Waals surface area contributed by atoms with Crippen LogP contribution in [0.2, 0.25) is 0 Å². The van der Waals surface area contributed by atoms with Gasteiger partial charge in [-0.1, -0.05) is 32.1 Å². The van der Waals surface area contributed by atoms with E-state index in [4.69, 9.17) is 0 Å². The van der Waals surface area contributed by atoms with Crippen LogP contribution in [0.25, 0.3) is 0 Å². The van der Waals surface area contributed by atoms with Crippen LogP contribution in [-0.2, 0) is 0 Å². The highest BCUT2D eigenvalue weighted by Crippen LogP contribution is 2.53. The summed E-state index contributed by atoms with van der Waals surface area (Å²) >= 11 is 0. The van der Waals surface area contributed by atoms with Crippen molar-refractivity contribution in [1.29, 1.82) is 0 Å². The van der Waals surface area contributed by atoms with E-state index in [1.807, 2.05) is 0 Å². The summed E-state index contributed by atoms with van der Waals surface area (Å²) in [6.45, 7) is 0. The molecule has 1 heteroatoms. The van der Waals surface area contributed by atoms with E-state index in [1.54, 1.807) is 0 Å². The van der Waals surface area contributed by atoms with Crippen molar-refractivity contribution in [2.45, 2.75) is 57.5 Å². The van der Waals surface area contributed by atoms with Crippen LogP contribution < -0.4 is 0 Å². The van der Waals surface area contributed by atoms with Gasteiger partial charge < -0.3 is 5.11 Å². The molecular formula is C13H22O. The van der Waals surface area contributed by atoms with Crippen molar-refractivity contribution in [3.05, 3.63) is 0 Å². The molecule has 0 aromatic heterocycles. The second-order valence-corrected chi connectivity index (χ2v) is 5.80. The summed E-state index contributed by atoms with van der Waals surface area (Å²) in [6, 6.07) is 0. The largest absolute Gasteiger partial charge is 0.393 e. The Bertz CT molecular complexity index is 205. The number of aliphatic hydroxyl groups is 1. The quantitative estimate of drug-likeness (QED) is 0.680. The Labute approximate surface area is 86.9 Å². The molecular weight excluding hydrogens is 172 g/mol. The molecule has 0 aromatic rings. The molecule has 3 rings (SSSR count). The number of aliphatic hydroxyl groups excluding tert-OH is 1. The molecule has 0 saturated heterocycles. The van der Waals surface area contributed by atoms with Crippen molar-refractivity contribution in [2.75, 3.05) is 0 Å². The van der Waals surface area contributed by atoms with Gasteiger partial charge in [0.2, 0.25) is 0 Å². The Kier molecular flexibility index (Phi) is 2.31. The fourth-order valence-corrected chi connectivity index (χ4v) is 4.49. The lowest BCUT2D eigenvalue weighted by atomic mass is 9.71. The molecule has 0 heterocycles. The molecule has 2 bridgehead atoms. The van der Waals surface area contributed by atoms with Gasteiger partial charge in [0.15, 0.2) is 0 Å². The second-order valence-electron chi connectivity index (χ2n) is 5.80. The lowest BCUT2D eigenvalue weighted by molar-refractivity contribution is 0.0174. The Morgan fingerprint density at radius 3 is 2.07 bits per heavy atom. The van der Waals surface area contributed by atoms with Gasteiger partial charge in [-0.05, 0) is 42.9 Å². The van der Waals surface area contributed by atoms with Crippen molar-refractivity contribution in [3.63, 3.8) is 0 Å². The number of rotatable bonds is 1. The van der Waals surface area contributed by atoms with E-state index in [2.05, 4.69) is 0 Å². The Balaban J connectivity index is 1.71. The van der Waals surface area contributed by atoms with Crippen LogP contribution in [0.4, 0.5) is 0 Å². The van der Waals surface area contributed by atoms with Gasteiger partial charge in [0.25, 0.3) is 0 Å². The number of fused-ring (bicyclic) bond motifs is 2. The van der Waals surface area contributed by atoms with Gasteiger partial charge in [0.1, 0.15) is 0 Å². The van der Waals surface area contributed by atoms with Crippen molar-refractivity contribution in [3.8, 4) is 0 Å². The van der Waals surface area contributed by atoms with Crippen LogP contribution >= 0.6 is 0 Å². The van der Waals surface area contributed by atoms with Gasteiger partial charge in [0.05, 0.1) is 6.10 Å². The van der Waals surface area contributed by atoms with E-state index in [0.717, 1.165) is 11.8 Å². The molecule has 0 unspecified atom stereocenters. The minimum atomic E-state index is 0.0804. The number of hydrogen-bond donors (Lipinski definition) is 1. The summed E-state index contributed by atoms with van der Waals surface area (Å²) in [5.74, 6) is 3.17. The lowest BCUT2D eigenvalue weighted by Crippen LogP contribution is -2.34. The van der Waals surface area contributed by atoms with Gasteiger partial charge in [-0.15, -0.1) is 0 Å². The maximum atomic E-state index is 10.2. The van der Waals surface area contributed by atoms with Crippen LogP contribution in [0.15, 0.2) is 0 Å². The van der Waals surface area contributed by atoms with Gasteiger partial charge in [-0.2, -0.15) is 0 Å². The first-order valence-electron chi connectivity index (χ1n) is 6.54. The minimum Gasteiger partial charge on any atom is -0.393 e. The molecule has 3 aliphatic carbocycles. The molecule has 1 nitrogen and oxygen atoms in total. The summed E-state index contributed by atoms with van der Waals surface area (Å²) in [5.41, 5.74) is 0. The third-order valence-electron chi connectivity index (χ3n) is 5.13. The third-order valence-corrected chi connectivity index (χ3v) is 5.13. The molecule has 4 atom stereocenters. The summed E-state index contributed by atoms with van der Waals surface area (Å²) in [6.07, 6.45) is 11.3. The molecule has 3 saturated carbocycles. The Hall–Kier alpha value is -0.0400. The zero-order chi connectivity index (χ0) is 9.54. The van der Waals surface area contributed by atoms with Crippen LogP contribution in [0.5, 0.6) is 0 Å². The molecule has 1 N–H and O–H groups in total. The van der Waals surface area contributed by atoms with Crippen LogP contribution in [0.1, 0.15) is 51.4 Å². The van der Waals surface area contributed by atoms with Crippen molar-refractivity contribution in [2.24, 2.45) is 23.7 Å². The van der Waals surface area contributed by atoms with E-state index < -0.39 is 0 Å². The first-order chi connectivity index (χ1) is 6.86. The monoisotopic (exact) mass is 194 g/mol. The fraction of sp³-hybridized carbons (Fsp3) is 1.00. The van der Waals surface area contributed by atoms with E-state index in [9.17, 15) is 5.11 Å². The molecule has 0 aliphatic heterocycles. The molecule has 3 aliphatic rings. The van der Waals surface area contributed by atoms with E-state index in [1.165, 1.54) is 51.4 Å². The van der Waals surface area contributed by atoms with Crippen LogP contribution in [0.3, 0.4) is 0 Å². The Morgan fingerprint density at radius 1 is 0.714 bits per heavy atom. The van der Waals surface area contributed by atoms with E-state index in [0.29, 0.717) is 11.8 Å². The predicted octanol–water partition coefficient (Wildman–Crippen LogP) is 2.97. The molecule has 0 aromatic carbocycles. The molecule has 0 spiro atoms. The first-order valence-corrected chi connectivity index (χ1v) is 6.54. The normalized spacial score (nSPS) is 48.6. The molecule has 3 fully saturated rings. The smallest absolute Gasteiger partial charge is 0.0601 e. The van der Waals surface area contributed by atoms with Gasteiger partial charge in [-0.3, -0.25) is 0 Å². The maximum Gasteiger partial charge on any atom is 0.0601 e. The van der Waals surface area contributed by atoms with E-state index >= 15 is 0 Å².